The monoisotopic (exact) mass is 450 g/mol. The van der Waals surface area contributed by atoms with E-state index in [1.54, 1.807) is 24.3 Å². The van der Waals surface area contributed by atoms with Crippen molar-refractivity contribution < 1.29 is 23.8 Å². The molecule has 0 radical (unpaired) electrons. The highest BCUT2D eigenvalue weighted by molar-refractivity contribution is 5.97. The Hall–Kier alpha value is -3.22. The Kier molecular flexibility index (Phi) is 6.11. The van der Waals surface area contributed by atoms with Crippen LogP contribution >= 0.6 is 0 Å². The summed E-state index contributed by atoms with van der Waals surface area (Å²) in [5.41, 5.74) is 1.05. The van der Waals surface area contributed by atoms with Crippen LogP contribution in [0.15, 0.2) is 42.5 Å². The fraction of sp³-hybridized carbons (Fsp3) is 0.462. The summed E-state index contributed by atoms with van der Waals surface area (Å²) < 4.78 is 16.7. The molecule has 3 aliphatic rings. The van der Waals surface area contributed by atoms with E-state index in [2.05, 4.69) is 5.32 Å². The van der Waals surface area contributed by atoms with Crippen LogP contribution in [0.4, 0.5) is 0 Å². The Balaban J connectivity index is 1.34. The summed E-state index contributed by atoms with van der Waals surface area (Å²) in [6.45, 7) is 2.70. The van der Waals surface area contributed by atoms with E-state index in [1.165, 1.54) is 0 Å². The van der Waals surface area contributed by atoms with Crippen LogP contribution in [0.2, 0.25) is 0 Å². The number of piperidine rings is 1. The highest BCUT2D eigenvalue weighted by Gasteiger charge is 2.38. The molecule has 0 aromatic heterocycles. The van der Waals surface area contributed by atoms with E-state index in [4.69, 9.17) is 14.2 Å². The number of benzene rings is 2. The number of nitrogens with one attached hydrogen (secondary N) is 1. The maximum atomic E-state index is 13.4. The minimum atomic E-state index is -0.130. The normalized spacial score (nSPS) is 23.0. The number of likely N-dealkylation sites (tertiary alicyclic amines) is 1. The average molecular weight is 451 g/mol. The fourth-order valence-corrected chi connectivity index (χ4v) is 5.13. The zero-order valence-electron chi connectivity index (χ0n) is 18.8. The number of fused-ring (bicyclic) bond motifs is 2. The molecule has 0 saturated carbocycles. The number of rotatable bonds is 1. The van der Waals surface area contributed by atoms with Gasteiger partial charge in [-0.2, -0.15) is 0 Å². The molecule has 3 heterocycles. The number of carbonyl (C=O) groups excluding carboxylic acids is 2. The quantitative estimate of drug-likeness (QED) is 0.710. The van der Waals surface area contributed by atoms with Crippen molar-refractivity contribution in [1.82, 2.24) is 10.2 Å². The van der Waals surface area contributed by atoms with Crippen molar-refractivity contribution in [2.45, 2.75) is 38.5 Å². The van der Waals surface area contributed by atoms with Crippen molar-refractivity contribution in [3.63, 3.8) is 0 Å². The molecule has 3 aliphatic heterocycles. The molecule has 7 heteroatoms. The molecule has 33 heavy (non-hydrogen) atoms. The van der Waals surface area contributed by atoms with Gasteiger partial charge in [-0.3, -0.25) is 9.59 Å². The van der Waals surface area contributed by atoms with Crippen LogP contribution in [0.25, 0.3) is 0 Å². The molecule has 7 nitrogen and oxygen atoms in total. The summed E-state index contributed by atoms with van der Waals surface area (Å²) in [5, 5.41) is 3.16. The topological polar surface area (TPSA) is 77.1 Å². The van der Waals surface area contributed by atoms with Gasteiger partial charge in [-0.1, -0.05) is 25.0 Å². The molecule has 1 fully saturated rings. The van der Waals surface area contributed by atoms with Crippen molar-refractivity contribution in [3.05, 3.63) is 53.6 Å². The Morgan fingerprint density at radius 2 is 1.76 bits per heavy atom. The van der Waals surface area contributed by atoms with Crippen molar-refractivity contribution in [2.24, 2.45) is 5.41 Å². The molecule has 2 amide bonds. The molecule has 1 unspecified atom stereocenters. The van der Waals surface area contributed by atoms with Crippen LogP contribution in [0, 0.1) is 5.41 Å². The van der Waals surface area contributed by atoms with E-state index < -0.39 is 0 Å². The lowest BCUT2D eigenvalue weighted by Crippen LogP contribution is -2.51. The number of ether oxygens (including phenoxy) is 3. The number of para-hydroxylation sites is 1. The van der Waals surface area contributed by atoms with Crippen LogP contribution in [-0.2, 0) is 0 Å². The average Bonchev–Trinajstić information content (AvgIpc) is 3.32. The number of nitrogens with zero attached hydrogens (tertiary/aromatic N) is 1. The molecular formula is C26H30N2O5. The van der Waals surface area contributed by atoms with E-state index in [0.717, 1.165) is 45.1 Å². The van der Waals surface area contributed by atoms with E-state index in [-0.39, 0.29) is 24.0 Å². The molecular weight excluding hydrogens is 420 g/mol. The number of hydrogen-bond acceptors (Lipinski definition) is 5. The number of amides is 2. The zero-order valence-corrected chi connectivity index (χ0v) is 18.8. The lowest BCUT2D eigenvalue weighted by Gasteiger charge is -2.43. The molecule has 1 N–H and O–H groups in total. The predicted molar refractivity (Wildman–Crippen MR) is 123 cm³/mol. The van der Waals surface area contributed by atoms with Gasteiger partial charge < -0.3 is 24.4 Å². The van der Waals surface area contributed by atoms with Gasteiger partial charge in [0.05, 0.1) is 12.2 Å². The largest absolute Gasteiger partial charge is 0.493 e. The Morgan fingerprint density at radius 1 is 0.909 bits per heavy atom. The third-order valence-corrected chi connectivity index (χ3v) is 6.93. The van der Waals surface area contributed by atoms with Gasteiger partial charge in [0.1, 0.15) is 5.75 Å². The minimum Gasteiger partial charge on any atom is -0.493 e. The van der Waals surface area contributed by atoms with Gasteiger partial charge in [-0.15, -0.1) is 0 Å². The summed E-state index contributed by atoms with van der Waals surface area (Å²) in [6.07, 6.45) is 5.95. The van der Waals surface area contributed by atoms with Gasteiger partial charge in [0.2, 0.25) is 6.79 Å². The summed E-state index contributed by atoms with van der Waals surface area (Å²) in [6, 6.07) is 12.8. The summed E-state index contributed by atoms with van der Waals surface area (Å²) in [4.78, 5) is 28.3. The van der Waals surface area contributed by atoms with Crippen LogP contribution in [0.5, 0.6) is 17.2 Å². The Bertz CT molecular complexity index is 1040. The molecule has 0 aliphatic carbocycles. The van der Waals surface area contributed by atoms with E-state index in [9.17, 15) is 9.59 Å². The van der Waals surface area contributed by atoms with Crippen molar-refractivity contribution in [3.8, 4) is 17.2 Å². The second kappa shape index (κ2) is 9.33. The first-order valence-electron chi connectivity index (χ1n) is 11.8. The molecule has 2 aromatic rings. The lowest BCUT2D eigenvalue weighted by atomic mass is 9.75. The zero-order chi connectivity index (χ0) is 22.7. The number of carbonyl (C=O) groups is 2. The van der Waals surface area contributed by atoms with Gasteiger partial charge in [0, 0.05) is 30.6 Å². The summed E-state index contributed by atoms with van der Waals surface area (Å²) in [7, 11) is 0. The highest BCUT2D eigenvalue weighted by atomic mass is 16.7. The van der Waals surface area contributed by atoms with E-state index in [0.29, 0.717) is 48.1 Å². The molecule has 1 spiro atoms. The third kappa shape index (κ3) is 4.63. The van der Waals surface area contributed by atoms with Gasteiger partial charge in [-0.25, -0.2) is 0 Å². The van der Waals surface area contributed by atoms with E-state index >= 15 is 0 Å². The SMILES string of the molecule is O=C1NCC2(CCCCCOc3ccccc31)CCCN(C(=O)c1ccc3c(c1)OCO3)C2. The second-order valence-corrected chi connectivity index (χ2v) is 9.24. The summed E-state index contributed by atoms with van der Waals surface area (Å²) >= 11 is 0. The van der Waals surface area contributed by atoms with Crippen LogP contribution in [-0.4, -0.2) is 49.7 Å². The van der Waals surface area contributed by atoms with Crippen LogP contribution in [0.1, 0.15) is 59.2 Å². The maximum absolute atomic E-state index is 13.4. The second-order valence-electron chi connectivity index (χ2n) is 9.24. The minimum absolute atomic E-state index is 0.00330. The predicted octanol–water partition coefficient (Wildman–Crippen LogP) is 4.02. The van der Waals surface area contributed by atoms with Gasteiger partial charge in [0.25, 0.3) is 11.8 Å². The molecule has 0 bridgehead atoms. The van der Waals surface area contributed by atoms with Crippen molar-refractivity contribution in [2.75, 3.05) is 33.0 Å². The molecule has 2 aromatic carbocycles. The number of hydrogen-bond donors (Lipinski definition) is 1. The third-order valence-electron chi connectivity index (χ3n) is 6.93. The first-order valence-corrected chi connectivity index (χ1v) is 11.8. The molecule has 174 valence electrons. The summed E-state index contributed by atoms with van der Waals surface area (Å²) in [5.74, 6) is 1.81. The van der Waals surface area contributed by atoms with Crippen molar-refractivity contribution >= 4 is 11.8 Å². The molecule has 5 rings (SSSR count). The van der Waals surface area contributed by atoms with Crippen LogP contribution in [0.3, 0.4) is 0 Å². The first kappa shape index (κ1) is 21.6. The lowest BCUT2D eigenvalue weighted by molar-refractivity contribution is 0.0468. The maximum Gasteiger partial charge on any atom is 0.255 e. The van der Waals surface area contributed by atoms with E-state index in [1.807, 2.05) is 23.1 Å². The Labute approximate surface area is 194 Å². The van der Waals surface area contributed by atoms with Gasteiger partial charge >= 0.3 is 0 Å². The smallest absolute Gasteiger partial charge is 0.255 e. The van der Waals surface area contributed by atoms with Crippen LogP contribution < -0.4 is 19.5 Å². The molecule has 1 saturated heterocycles. The Morgan fingerprint density at radius 3 is 2.70 bits per heavy atom. The molecule has 1 atom stereocenters. The fourth-order valence-electron chi connectivity index (χ4n) is 5.13. The van der Waals surface area contributed by atoms with Crippen molar-refractivity contribution in [1.29, 1.82) is 0 Å². The first-order chi connectivity index (χ1) is 16.1. The van der Waals surface area contributed by atoms with Gasteiger partial charge in [-0.05, 0) is 56.0 Å². The highest BCUT2D eigenvalue weighted by Crippen LogP contribution is 2.37. The van der Waals surface area contributed by atoms with Gasteiger partial charge in [0.15, 0.2) is 11.5 Å². The standard InChI is InChI=1S/C26H30N2O5/c29-24-20-7-2-3-8-21(20)31-14-5-1-4-11-26(16-27-24)12-6-13-28(17-26)25(30)19-9-10-22-23(15-19)33-18-32-22/h2-3,7-10,15H,1,4-6,11-14,16-18H2,(H,27,29).